The molecule has 1 saturated carbocycles. The van der Waals surface area contributed by atoms with Gasteiger partial charge in [0.05, 0.1) is 18.1 Å². The standard InChI is InChI=1S/C18H17FN8O/c1-28-16(11-6-7-11)13-8-26(23-20-13)18-22-21-17-12-4-2-3-5-14(12)25-10-24(19)9-15(25)27(17)18/h2-5,8-9,11,16H,6-7,10H2,1H3. The molecule has 0 radical (unpaired) electrons. The first-order valence-electron chi connectivity index (χ1n) is 9.17. The van der Waals surface area contributed by atoms with E-state index in [0.717, 1.165) is 29.8 Å². The molecule has 0 saturated heterocycles. The Labute approximate surface area is 159 Å². The summed E-state index contributed by atoms with van der Waals surface area (Å²) in [7, 11) is 1.69. The lowest BCUT2D eigenvalue weighted by Crippen LogP contribution is -2.29. The number of hydrogen-bond donors (Lipinski definition) is 0. The number of anilines is 1. The highest BCUT2D eigenvalue weighted by atomic mass is 19.2. The number of halogens is 1. The van der Waals surface area contributed by atoms with Crippen molar-refractivity contribution in [1.82, 2.24) is 34.9 Å². The molecule has 10 heteroatoms. The topological polar surface area (TPSA) is 77.1 Å². The summed E-state index contributed by atoms with van der Waals surface area (Å²) < 4.78 is 23.1. The van der Waals surface area contributed by atoms with Crippen LogP contribution in [0.2, 0.25) is 0 Å². The van der Waals surface area contributed by atoms with Gasteiger partial charge in [0.1, 0.15) is 24.3 Å². The number of rotatable bonds is 4. The second-order valence-corrected chi connectivity index (χ2v) is 7.21. The number of methoxy groups -OCH3 is 1. The van der Waals surface area contributed by atoms with Crippen LogP contribution in [0.1, 0.15) is 24.6 Å². The molecule has 1 aromatic carbocycles. The van der Waals surface area contributed by atoms with E-state index in [1.54, 1.807) is 16.4 Å². The first kappa shape index (κ1) is 15.8. The van der Waals surface area contributed by atoms with Gasteiger partial charge in [-0.1, -0.05) is 21.8 Å². The molecule has 2 aromatic heterocycles. The second-order valence-electron chi connectivity index (χ2n) is 7.21. The van der Waals surface area contributed by atoms with E-state index in [4.69, 9.17) is 4.74 Å². The highest BCUT2D eigenvalue weighted by Gasteiger charge is 2.37. The largest absolute Gasteiger partial charge is 0.375 e. The smallest absolute Gasteiger partial charge is 0.259 e. The molecular weight excluding hydrogens is 363 g/mol. The molecule has 0 spiro atoms. The van der Waals surface area contributed by atoms with Crippen molar-refractivity contribution >= 4 is 11.5 Å². The Morgan fingerprint density at radius 1 is 1.18 bits per heavy atom. The van der Waals surface area contributed by atoms with Gasteiger partial charge in [0, 0.05) is 12.7 Å². The van der Waals surface area contributed by atoms with E-state index in [0.29, 0.717) is 28.6 Å². The summed E-state index contributed by atoms with van der Waals surface area (Å²) in [6.07, 6.45) is 5.46. The molecule has 3 aromatic rings. The molecule has 6 rings (SSSR count). The molecule has 9 nitrogen and oxygen atoms in total. The van der Waals surface area contributed by atoms with Crippen molar-refractivity contribution < 1.29 is 9.22 Å². The lowest BCUT2D eigenvalue weighted by Gasteiger charge is -2.29. The Balaban J connectivity index is 1.49. The van der Waals surface area contributed by atoms with E-state index in [9.17, 15) is 4.48 Å². The minimum absolute atomic E-state index is 0.0678. The summed E-state index contributed by atoms with van der Waals surface area (Å²) >= 11 is 0. The van der Waals surface area contributed by atoms with Crippen molar-refractivity contribution in [3.05, 3.63) is 42.4 Å². The molecule has 0 bridgehead atoms. The van der Waals surface area contributed by atoms with Gasteiger partial charge >= 0.3 is 0 Å². The third kappa shape index (κ3) is 2.15. The lowest BCUT2D eigenvalue weighted by atomic mass is 10.1. The van der Waals surface area contributed by atoms with Gasteiger partial charge in [-0.25, -0.2) is 4.57 Å². The molecule has 142 valence electrons. The van der Waals surface area contributed by atoms with Gasteiger partial charge in [0.25, 0.3) is 5.95 Å². The highest BCUT2D eigenvalue weighted by Crippen LogP contribution is 2.44. The van der Waals surface area contributed by atoms with Crippen LogP contribution in [0.5, 0.6) is 0 Å². The van der Waals surface area contributed by atoms with Crippen molar-refractivity contribution in [2.24, 2.45) is 5.92 Å². The molecule has 1 unspecified atom stereocenters. The molecular formula is C18H17FN8O. The summed E-state index contributed by atoms with van der Waals surface area (Å²) in [6, 6.07) is 7.77. The van der Waals surface area contributed by atoms with Crippen LogP contribution in [0.15, 0.2) is 36.7 Å². The zero-order chi connectivity index (χ0) is 18.8. The van der Waals surface area contributed by atoms with Crippen LogP contribution in [0, 0.1) is 5.92 Å². The van der Waals surface area contributed by atoms with Crippen LogP contribution in [0.25, 0.3) is 23.2 Å². The maximum Gasteiger partial charge on any atom is 0.259 e. The fraction of sp³-hybridized carbons (Fsp3) is 0.333. The maximum absolute atomic E-state index is 14.1. The Morgan fingerprint density at radius 2 is 2.04 bits per heavy atom. The molecule has 1 fully saturated rings. The Kier molecular flexibility index (Phi) is 3.16. The third-order valence-electron chi connectivity index (χ3n) is 5.43. The fourth-order valence-electron chi connectivity index (χ4n) is 3.99. The summed E-state index contributed by atoms with van der Waals surface area (Å²) in [5.74, 6) is 2.23. The summed E-state index contributed by atoms with van der Waals surface area (Å²) in [5.41, 5.74) is 2.55. The number of aromatic nitrogens is 6. The Morgan fingerprint density at radius 3 is 2.86 bits per heavy atom. The van der Waals surface area contributed by atoms with Crippen LogP contribution in [0.4, 0.5) is 10.2 Å². The zero-order valence-electron chi connectivity index (χ0n) is 15.1. The van der Waals surface area contributed by atoms with Crippen LogP contribution in [0.3, 0.4) is 0 Å². The second kappa shape index (κ2) is 5.61. The number of nitrogens with zero attached hydrogens (tertiary/aromatic N) is 8. The van der Waals surface area contributed by atoms with E-state index in [1.807, 2.05) is 35.4 Å². The van der Waals surface area contributed by atoms with Crippen molar-refractivity contribution in [2.45, 2.75) is 18.9 Å². The van der Waals surface area contributed by atoms with Crippen molar-refractivity contribution in [3.8, 4) is 17.3 Å². The molecule has 28 heavy (non-hydrogen) atoms. The molecule has 0 amide bonds. The first-order valence-corrected chi connectivity index (χ1v) is 9.17. The molecule has 0 N–H and O–H groups in total. The Bertz CT molecular complexity index is 1100. The van der Waals surface area contributed by atoms with Crippen LogP contribution in [-0.2, 0) is 4.74 Å². The summed E-state index contributed by atoms with van der Waals surface area (Å²) in [4.78, 5) is 1.88. The fourth-order valence-corrected chi connectivity index (χ4v) is 3.99. The number of fused-ring (bicyclic) bond motifs is 6. The van der Waals surface area contributed by atoms with Crippen molar-refractivity contribution in [2.75, 3.05) is 18.7 Å². The monoisotopic (exact) mass is 380 g/mol. The number of para-hydroxylation sites is 1. The van der Waals surface area contributed by atoms with Gasteiger partial charge in [-0.05, 0) is 30.9 Å². The normalized spacial score (nSPS) is 18.6. The Hall–Kier alpha value is -3.27. The maximum atomic E-state index is 14.1. The van der Waals surface area contributed by atoms with Crippen molar-refractivity contribution in [3.63, 3.8) is 0 Å². The van der Waals surface area contributed by atoms with Gasteiger partial charge in [-0.2, -0.15) is 9.80 Å². The van der Waals surface area contributed by atoms with E-state index < -0.39 is 0 Å². The number of benzene rings is 1. The number of ether oxygens (including phenoxy) is 1. The molecule has 1 aliphatic carbocycles. The van der Waals surface area contributed by atoms with Gasteiger partial charge in [-0.15, -0.1) is 15.3 Å². The highest BCUT2D eigenvalue weighted by molar-refractivity contribution is 5.89. The average molecular weight is 380 g/mol. The summed E-state index contributed by atoms with van der Waals surface area (Å²) in [6.45, 7) is 0.111. The van der Waals surface area contributed by atoms with Crippen molar-refractivity contribution in [1.29, 1.82) is 0 Å². The quantitative estimate of drug-likeness (QED) is 0.643. The molecule has 4 heterocycles. The molecule has 1 atom stereocenters. The van der Waals surface area contributed by atoms with Gasteiger partial charge in [-0.3, -0.25) is 0 Å². The van der Waals surface area contributed by atoms with Crippen LogP contribution in [-0.4, -0.2) is 48.7 Å². The zero-order valence-corrected chi connectivity index (χ0v) is 15.1. The number of hydrogen-bond acceptors (Lipinski definition) is 7. The van der Waals surface area contributed by atoms with Gasteiger partial charge in [0.2, 0.25) is 0 Å². The minimum Gasteiger partial charge on any atom is -0.375 e. The summed E-state index contributed by atoms with van der Waals surface area (Å²) in [5, 5.41) is 17.9. The van der Waals surface area contributed by atoms with E-state index in [-0.39, 0.29) is 12.8 Å². The van der Waals surface area contributed by atoms with Gasteiger partial charge < -0.3 is 9.64 Å². The predicted molar refractivity (Wildman–Crippen MR) is 97.4 cm³/mol. The van der Waals surface area contributed by atoms with Crippen LogP contribution < -0.4 is 4.90 Å². The molecule has 2 aliphatic heterocycles. The average Bonchev–Trinajstić information content (AvgIpc) is 3.11. The van der Waals surface area contributed by atoms with E-state index in [1.165, 1.54) is 6.20 Å². The predicted octanol–water partition coefficient (Wildman–Crippen LogP) is 2.36. The minimum atomic E-state index is -0.0678. The third-order valence-corrected chi connectivity index (χ3v) is 5.43. The van der Waals surface area contributed by atoms with Crippen LogP contribution >= 0.6 is 0 Å². The first-order chi connectivity index (χ1) is 13.7. The van der Waals surface area contributed by atoms with E-state index in [2.05, 4.69) is 20.5 Å². The van der Waals surface area contributed by atoms with E-state index >= 15 is 0 Å². The lowest BCUT2D eigenvalue weighted by molar-refractivity contribution is 0.0810. The SMILES string of the molecule is COC(c1cn(-c2nnc3n2C2=CN(F)CN2c2ccccc2-3)nn1)C1CC1. The van der Waals surface area contributed by atoms with Gasteiger partial charge in [0.15, 0.2) is 5.82 Å². The molecule has 3 aliphatic rings.